The van der Waals surface area contributed by atoms with Gasteiger partial charge in [-0.1, -0.05) is 89.9 Å². The number of aryl methyl sites for hydroxylation is 2. The molecule has 0 amide bonds. The number of aromatic nitrogens is 2. The topological polar surface area (TPSA) is 44.2 Å². The van der Waals surface area contributed by atoms with E-state index in [1.165, 1.54) is 16.7 Å². The van der Waals surface area contributed by atoms with E-state index in [1.54, 1.807) is 6.20 Å². The van der Waals surface area contributed by atoms with Crippen LogP contribution in [0.1, 0.15) is 11.1 Å². The van der Waals surface area contributed by atoms with Crippen molar-refractivity contribution in [2.45, 2.75) is 13.8 Å². The van der Waals surface area contributed by atoms with Crippen molar-refractivity contribution in [2.24, 2.45) is 0 Å². The van der Waals surface area contributed by atoms with Crippen LogP contribution >= 0.6 is 0 Å². The minimum absolute atomic E-state index is 0. The molecule has 0 saturated carbocycles. The van der Waals surface area contributed by atoms with Crippen LogP contribution in [0, 0.1) is 26.0 Å². The van der Waals surface area contributed by atoms with E-state index < -0.39 is 0 Å². The van der Waals surface area contributed by atoms with Crippen molar-refractivity contribution in [3.63, 3.8) is 0 Å². The van der Waals surface area contributed by atoms with Gasteiger partial charge in [-0.05, 0) is 76.6 Å². The SMILES string of the molecule is Cc1cccc(C)c1-c1ccc(-c2[c-]cc3c4c2Oc2ccccc2B4c2ccccc2O3)nc1.[Ir].[c-]1ccccc1-c1ccccn1. The number of rotatable bonds is 3. The van der Waals surface area contributed by atoms with E-state index in [-0.39, 0.29) is 26.8 Å². The number of benzene rings is 5. The van der Waals surface area contributed by atoms with Crippen LogP contribution in [0.2, 0.25) is 0 Å². The first-order chi connectivity index (χ1) is 23.2. The van der Waals surface area contributed by atoms with Crippen molar-refractivity contribution in [3.05, 3.63) is 163 Å². The molecule has 5 aromatic carbocycles. The van der Waals surface area contributed by atoms with E-state index in [4.69, 9.17) is 14.5 Å². The van der Waals surface area contributed by atoms with Crippen LogP contribution < -0.4 is 25.9 Å². The van der Waals surface area contributed by atoms with Crippen LogP contribution in [0.5, 0.6) is 23.0 Å². The van der Waals surface area contributed by atoms with Crippen LogP contribution in [-0.2, 0) is 20.1 Å². The van der Waals surface area contributed by atoms with Crippen molar-refractivity contribution in [1.29, 1.82) is 0 Å². The molecule has 6 heteroatoms. The molecule has 2 aliphatic heterocycles. The Labute approximate surface area is 294 Å². The standard InChI is InChI=1S/C31H21BNO2.C11H8N.Ir/c1-19-8-7-9-20(2)29(19)21-14-16-25(33-18-21)22-15-17-28-30-31(22)35-27-13-6-4-11-24(27)32(30)23-10-3-5-12-26(23)34-28;1-2-6-10(7-3-1)11-8-4-5-9-12-11;/h3-14,16-18H,1-2H3;1-6,8-9H;/q2*-1;. The number of pyridine rings is 2. The summed E-state index contributed by atoms with van der Waals surface area (Å²) < 4.78 is 12.8. The van der Waals surface area contributed by atoms with Gasteiger partial charge in [0, 0.05) is 44.0 Å². The largest absolute Gasteiger partial charge is 0.503 e. The molecule has 0 bridgehead atoms. The molecule has 9 rings (SSSR count). The molecule has 7 aromatic rings. The molecule has 0 spiro atoms. The first-order valence-corrected chi connectivity index (χ1v) is 15.7. The second-order valence-electron chi connectivity index (χ2n) is 11.7. The number of hydrogen-bond acceptors (Lipinski definition) is 4. The Morgan fingerprint density at radius 3 is 1.98 bits per heavy atom. The summed E-state index contributed by atoms with van der Waals surface area (Å²) >= 11 is 0. The molecule has 1 radical (unpaired) electrons. The number of para-hydroxylation sites is 2. The molecule has 4 heterocycles. The zero-order valence-electron chi connectivity index (χ0n) is 26.4. The molecule has 0 aliphatic carbocycles. The Kier molecular flexibility index (Phi) is 8.77. The number of fused-ring (bicyclic) bond motifs is 4. The summed E-state index contributed by atoms with van der Waals surface area (Å²) in [5.74, 6) is 3.30. The van der Waals surface area contributed by atoms with E-state index in [2.05, 4.69) is 85.6 Å². The van der Waals surface area contributed by atoms with E-state index in [0.717, 1.165) is 67.5 Å². The first-order valence-electron chi connectivity index (χ1n) is 15.7. The molecule has 0 atom stereocenters. The zero-order chi connectivity index (χ0) is 31.7. The van der Waals surface area contributed by atoms with Gasteiger partial charge >= 0.3 is 0 Å². The first kappa shape index (κ1) is 31.3. The molecule has 0 fully saturated rings. The fourth-order valence-electron chi connectivity index (χ4n) is 6.55. The van der Waals surface area contributed by atoms with E-state index in [9.17, 15) is 0 Å². The van der Waals surface area contributed by atoms with Gasteiger partial charge in [-0.3, -0.25) is 0 Å². The summed E-state index contributed by atoms with van der Waals surface area (Å²) in [4.78, 5) is 9.08. The normalized spacial score (nSPS) is 11.7. The van der Waals surface area contributed by atoms with Gasteiger partial charge in [0.25, 0.3) is 0 Å². The minimum Gasteiger partial charge on any atom is -0.503 e. The van der Waals surface area contributed by atoms with Gasteiger partial charge in [0.05, 0.1) is 0 Å². The maximum Gasteiger partial charge on any atom is 0.239 e. The van der Waals surface area contributed by atoms with Gasteiger partial charge in [-0.2, -0.15) is 0 Å². The van der Waals surface area contributed by atoms with E-state index in [0.29, 0.717) is 0 Å². The van der Waals surface area contributed by atoms with Gasteiger partial charge in [-0.25, -0.2) is 0 Å². The molecule has 2 aromatic heterocycles. The summed E-state index contributed by atoms with van der Waals surface area (Å²) in [6.45, 7) is 4.32. The van der Waals surface area contributed by atoms with Crippen LogP contribution in [0.25, 0.3) is 33.6 Å². The van der Waals surface area contributed by atoms with Gasteiger partial charge in [0.2, 0.25) is 6.71 Å². The van der Waals surface area contributed by atoms with Crippen molar-refractivity contribution in [1.82, 2.24) is 9.97 Å². The van der Waals surface area contributed by atoms with E-state index in [1.807, 2.05) is 79.0 Å². The fourth-order valence-corrected chi connectivity index (χ4v) is 6.55. The Hall–Kier alpha value is -5.29. The van der Waals surface area contributed by atoms with Crippen LogP contribution in [0.15, 0.2) is 140 Å². The molecular formula is C42H29BIrN2O2-2. The van der Waals surface area contributed by atoms with Crippen molar-refractivity contribution in [2.75, 3.05) is 0 Å². The molecule has 48 heavy (non-hydrogen) atoms. The zero-order valence-corrected chi connectivity index (χ0v) is 28.8. The summed E-state index contributed by atoms with van der Waals surface area (Å²) in [5, 5.41) is 0. The molecule has 0 N–H and O–H groups in total. The number of hydrogen-bond donors (Lipinski definition) is 0. The predicted octanol–water partition coefficient (Wildman–Crippen LogP) is 8.11. The Morgan fingerprint density at radius 2 is 1.31 bits per heavy atom. The molecule has 233 valence electrons. The average molecular weight is 797 g/mol. The average Bonchev–Trinajstić information content (AvgIpc) is 3.13. The Balaban J connectivity index is 0.000000237. The van der Waals surface area contributed by atoms with Crippen LogP contribution in [-0.4, -0.2) is 16.7 Å². The Bertz CT molecular complexity index is 2160. The van der Waals surface area contributed by atoms with Crippen LogP contribution in [0.3, 0.4) is 0 Å². The number of ether oxygens (including phenoxy) is 2. The third kappa shape index (κ3) is 5.75. The summed E-state index contributed by atoms with van der Waals surface area (Å²) in [7, 11) is 0. The Morgan fingerprint density at radius 1 is 0.604 bits per heavy atom. The molecule has 0 unspecified atom stereocenters. The third-order valence-electron chi connectivity index (χ3n) is 8.70. The molecule has 2 aliphatic rings. The quantitative estimate of drug-likeness (QED) is 0.134. The maximum absolute atomic E-state index is 6.53. The molecular weight excluding hydrogens is 768 g/mol. The summed E-state index contributed by atoms with van der Waals surface area (Å²) in [6, 6.07) is 49.2. The second kappa shape index (κ2) is 13.4. The third-order valence-corrected chi connectivity index (χ3v) is 8.70. The monoisotopic (exact) mass is 797 g/mol. The predicted molar refractivity (Wildman–Crippen MR) is 190 cm³/mol. The van der Waals surface area contributed by atoms with Crippen molar-refractivity contribution < 1.29 is 29.6 Å². The smallest absolute Gasteiger partial charge is 0.239 e. The molecule has 0 saturated heterocycles. The second-order valence-corrected chi connectivity index (χ2v) is 11.7. The minimum atomic E-state index is 0. The van der Waals surface area contributed by atoms with Crippen molar-refractivity contribution >= 4 is 23.1 Å². The van der Waals surface area contributed by atoms with Crippen molar-refractivity contribution in [3.8, 4) is 56.6 Å². The van der Waals surface area contributed by atoms with Gasteiger partial charge in [-0.15, -0.1) is 48.0 Å². The van der Waals surface area contributed by atoms with Gasteiger partial charge < -0.3 is 19.4 Å². The van der Waals surface area contributed by atoms with Gasteiger partial charge in [0.1, 0.15) is 11.5 Å². The maximum atomic E-state index is 6.53. The summed E-state index contributed by atoms with van der Waals surface area (Å²) in [5.41, 5.74) is 11.8. The summed E-state index contributed by atoms with van der Waals surface area (Å²) in [6.07, 6.45) is 3.74. The van der Waals surface area contributed by atoms with Crippen LogP contribution in [0.4, 0.5) is 0 Å². The fraction of sp³-hybridized carbons (Fsp3) is 0.0476. The number of nitrogens with zero attached hydrogens (tertiary/aromatic N) is 2. The molecule has 4 nitrogen and oxygen atoms in total. The van der Waals surface area contributed by atoms with E-state index >= 15 is 0 Å². The van der Waals surface area contributed by atoms with Gasteiger partial charge in [0.15, 0.2) is 0 Å².